The highest BCUT2D eigenvalue weighted by Crippen LogP contribution is 2.09. The van der Waals surface area contributed by atoms with Crippen molar-refractivity contribution >= 4 is 5.91 Å². The Kier molecular flexibility index (Phi) is 7.21. The number of nitrogens with one attached hydrogen (secondary N) is 1. The molecular weight excluding hydrogens is 304 g/mol. The highest BCUT2D eigenvalue weighted by Gasteiger charge is 2.25. The van der Waals surface area contributed by atoms with Crippen LogP contribution in [0.5, 0.6) is 0 Å². The number of rotatable bonds is 8. The van der Waals surface area contributed by atoms with E-state index in [0.29, 0.717) is 26.2 Å². The molecule has 0 radical (unpaired) electrons. The Bertz CT molecular complexity index is 508. The van der Waals surface area contributed by atoms with Crippen molar-refractivity contribution in [2.75, 3.05) is 39.4 Å². The van der Waals surface area contributed by atoms with Crippen LogP contribution in [0.15, 0.2) is 24.3 Å². The third kappa shape index (κ3) is 6.99. The van der Waals surface area contributed by atoms with Gasteiger partial charge in [-0.3, -0.25) is 9.69 Å². The van der Waals surface area contributed by atoms with Gasteiger partial charge in [0.15, 0.2) is 0 Å². The second-order valence-electron chi connectivity index (χ2n) is 7.00. The second-order valence-corrected chi connectivity index (χ2v) is 7.00. The van der Waals surface area contributed by atoms with Crippen molar-refractivity contribution < 1.29 is 14.6 Å². The number of aryl methyl sites for hydroxylation is 2. The van der Waals surface area contributed by atoms with Crippen molar-refractivity contribution in [1.29, 1.82) is 0 Å². The molecule has 1 saturated heterocycles. The molecule has 1 aliphatic rings. The van der Waals surface area contributed by atoms with E-state index in [9.17, 15) is 9.90 Å². The smallest absolute Gasteiger partial charge is 0.220 e. The van der Waals surface area contributed by atoms with Crippen molar-refractivity contribution in [3.8, 4) is 0 Å². The highest BCUT2D eigenvalue weighted by atomic mass is 16.5. The molecule has 2 N–H and O–H groups in total. The van der Waals surface area contributed by atoms with Gasteiger partial charge in [0.05, 0.1) is 18.8 Å². The first kappa shape index (κ1) is 18.9. The summed E-state index contributed by atoms with van der Waals surface area (Å²) in [6.07, 6.45) is 2.21. The van der Waals surface area contributed by atoms with Gasteiger partial charge in [0, 0.05) is 32.6 Å². The number of benzene rings is 1. The zero-order valence-corrected chi connectivity index (χ0v) is 14.9. The monoisotopic (exact) mass is 334 g/mol. The van der Waals surface area contributed by atoms with Gasteiger partial charge in [-0.2, -0.15) is 0 Å². The fourth-order valence-electron chi connectivity index (χ4n) is 2.88. The molecule has 1 fully saturated rings. The Morgan fingerprint density at radius 1 is 1.29 bits per heavy atom. The lowest BCUT2D eigenvalue weighted by atomic mass is 10.0. The van der Waals surface area contributed by atoms with Gasteiger partial charge >= 0.3 is 0 Å². The van der Waals surface area contributed by atoms with Gasteiger partial charge in [0.2, 0.25) is 5.91 Å². The van der Waals surface area contributed by atoms with Gasteiger partial charge in [0.25, 0.3) is 0 Å². The second kappa shape index (κ2) is 9.16. The molecule has 1 aliphatic heterocycles. The number of nitrogens with zero attached hydrogens (tertiary/aromatic N) is 1. The van der Waals surface area contributed by atoms with E-state index in [4.69, 9.17) is 4.74 Å². The summed E-state index contributed by atoms with van der Waals surface area (Å²) in [7, 11) is 0. The zero-order chi connectivity index (χ0) is 17.4. The minimum atomic E-state index is -0.913. The van der Waals surface area contributed by atoms with E-state index < -0.39 is 5.60 Å². The molecule has 1 atom stereocenters. The number of β-amino-alcohol motifs (C(OH)–C–C–N with tert-alkyl or cyclic N) is 1. The SMILES string of the molecule is Cc1ccc(CCCC(=O)NCC(C)(O)CN2CCOCC2)cc1. The van der Waals surface area contributed by atoms with Gasteiger partial charge in [-0.05, 0) is 32.3 Å². The van der Waals surface area contributed by atoms with Crippen LogP contribution < -0.4 is 5.32 Å². The summed E-state index contributed by atoms with van der Waals surface area (Å²) < 4.78 is 5.31. The van der Waals surface area contributed by atoms with Gasteiger partial charge in [-0.1, -0.05) is 29.8 Å². The van der Waals surface area contributed by atoms with Crippen molar-refractivity contribution in [3.63, 3.8) is 0 Å². The van der Waals surface area contributed by atoms with Crippen LogP contribution in [0.2, 0.25) is 0 Å². The van der Waals surface area contributed by atoms with E-state index in [1.54, 1.807) is 6.92 Å². The molecule has 0 saturated carbocycles. The largest absolute Gasteiger partial charge is 0.387 e. The summed E-state index contributed by atoms with van der Waals surface area (Å²) in [5, 5.41) is 13.3. The molecule has 1 unspecified atom stereocenters. The van der Waals surface area contributed by atoms with Gasteiger partial charge in [0.1, 0.15) is 0 Å². The molecule has 1 aromatic carbocycles. The van der Waals surface area contributed by atoms with E-state index in [2.05, 4.69) is 41.4 Å². The topological polar surface area (TPSA) is 61.8 Å². The lowest BCUT2D eigenvalue weighted by Gasteiger charge is -2.33. The maximum absolute atomic E-state index is 12.0. The van der Waals surface area contributed by atoms with Gasteiger partial charge in [-0.25, -0.2) is 0 Å². The molecule has 0 bridgehead atoms. The average Bonchev–Trinajstić information content (AvgIpc) is 2.55. The minimum absolute atomic E-state index is 0.00404. The van der Waals surface area contributed by atoms with Crippen molar-refractivity contribution in [1.82, 2.24) is 10.2 Å². The third-order valence-corrected chi connectivity index (χ3v) is 4.32. The van der Waals surface area contributed by atoms with E-state index >= 15 is 0 Å². The van der Waals surface area contributed by atoms with Crippen LogP contribution in [0.25, 0.3) is 0 Å². The van der Waals surface area contributed by atoms with E-state index in [0.717, 1.165) is 25.9 Å². The van der Waals surface area contributed by atoms with E-state index in [-0.39, 0.29) is 12.5 Å². The molecule has 24 heavy (non-hydrogen) atoms. The molecule has 0 aliphatic carbocycles. The van der Waals surface area contributed by atoms with Crippen molar-refractivity contribution in [2.24, 2.45) is 0 Å². The highest BCUT2D eigenvalue weighted by molar-refractivity contribution is 5.75. The molecule has 2 rings (SSSR count). The molecule has 1 aromatic rings. The van der Waals surface area contributed by atoms with Gasteiger partial charge < -0.3 is 15.2 Å². The molecule has 1 amide bonds. The first-order valence-corrected chi connectivity index (χ1v) is 8.79. The summed E-state index contributed by atoms with van der Waals surface area (Å²) >= 11 is 0. The Morgan fingerprint density at radius 3 is 2.62 bits per heavy atom. The lowest BCUT2D eigenvalue weighted by molar-refractivity contribution is -0.122. The lowest BCUT2D eigenvalue weighted by Crippen LogP contribution is -2.51. The number of ether oxygens (including phenoxy) is 1. The average molecular weight is 334 g/mol. The Balaban J connectivity index is 1.63. The maximum Gasteiger partial charge on any atom is 0.220 e. The maximum atomic E-state index is 12.0. The Hall–Kier alpha value is -1.43. The number of hydrogen-bond donors (Lipinski definition) is 2. The summed E-state index contributed by atoms with van der Waals surface area (Å²) in [5.41, 5.74) is 1.59. The predicted octanol–water partition coefficient (Wildman–Crippen LogP) is 1.52. The first-order valence-electron chi connectivity index (χ1n) is 8.79. The zero-order valence-electron chi connectivity index (χ0n) is 14.9. The van der Waals surface area contributed by atoms with E-state index in [1.165, 1.54) is 11.1 Å². The summed E-state index contributed by atoms with van der Waals surface area (Å²) in [5.74, 6) is 0.00404. The van der Waals surface area contributed by atoms with Crippen LogP contribution in [0.1, 0.15) is 30.9 Å². The summed E-state index contributed by atoms with van der Waals surface area (Å²) in [6, 6.07) is 8.41. The predicted molar refractivity (Wildman–Crippen MR) is 95.0 cm³/mol. The molecule has 134 valence electrons. The molecule has 0 aromatic heterocycles. The Labute approximate surface area is 145 Å². The van der Waals surface area contributed by atoms with Crippen LogP contribution in [-0.2, 0) is 16.0 Å². The minimum Gasteiger partial charge on any atom is -0.387 e. The summed E-state index contributed by atoms with van der Waals surface area (Å²) in [4.78, 5) is 14.1. The molecule has 5 heteroatoms. The van der Waals surface area contributed by atoms with Crippen LogP contribution in [-0.4, -0.2) is 60.9 Å². The van der Waals surface area contributed by atoms with Crippen molar-refractivity contribution in [2.45, 2.75) is 38.7 Å². The van der Waals surface area contributed by atoms with Crippen LogP contribution in [0, 0.1) is 6.92 Å². The van der Waals surface area contributed by atoms with Crippen molar-refractivity contribution in [3.05, 3.63) is 35.4 Å². The summed E-state index contributed by atoms with van der Waals surface area (Å²) in [6.45, 7) is 7.77. The Morgan fingerprint density at radius 2 is 1.96 bits per heavy atom. The molecule has 0 spiro atoms. The van der Waals surface area contributed by atoms with Crippen LogP contribution in [0.3, 0.4) is 0 Å². The van der Waals surface area contributed by atoms with Gasteiger partial charge in [-0.15, -0.1) is 0 Å². The number of hydrogen-bond acceptors (Lipinski definition) is 4. The molecular formula is C19H30N2O3. The first-order chi connectivity index (χ1) is 11.4. The number of amides is 1. The number of morpholine rings is 1. The third-order valence-electron chi connectivity index (χ3n) is 4.32. The standard InChI is InChI=1S/C19H30N2O3/c1-16-6-8-17(9-7-16)4-3-5-18(22)20-14-19(2,23)15-21-10-12-24-13-11-21/h6-9,23H,3-5,10-15H2,1-2H3,(H,20,22). The van der Waals surface area contributed by atoms with Crippen LogP contribution in [0.4, 0.5) is 0 Å². The normalized spacial score (nSPS) is 18.1. The molecule has 1 heterocycles. The quantitative estimate of drug-likeness (QED) is 0.757. The molecule has 5 nitrogen and oxygen atoms in total. The van der Waals surface area contributed by atoms with Crippen LogP contribution >= 0.6 is 0 Å². The number of carbonyl (C=O) groups excluding carboxylic acids is 1. The fraction of sp³-hybridized carbons (Fsp3) is 0.632. The fourth-order valence-corrected chi connectivity index (χ4v) is 2.88. The number of aliphatic hydroxyl groups is 1. The number of carbonyl (C=O) groups is 1. The van der Waals surface area contributed by atoms with E-state index in [1.807, 2.05) is 0 Å².